The van der Waals surface area contributed by atoms with E-state index in [2.05, 4.69) is 57.3 Å². The van der Waals surface area contributed by atoms with E-state index < -0.39 is 0 Å². The Labute approximate surface area is 124 Å². The number of halogens is 1. The maximum atomic E-state index is 3.55. The molecule has 2 fully saturated rings. The van der Waals surface area contributed by atoms with Crippen molar-refractivity contribution < 1.29 is 0 Å². The summed E-state index contributed by atoms with van der Waals surface area (Å²) in [5, 5.41) is 3.55. The predicted octanol–water partition coefficient (Wildman–Crippen LogP) is 3.59. The molecule has 2 aliphatic rings. The second kappa shape index (κ2) is 5.55. The number of likely N-dealkylation sites (tertiary alicyclic amines) is 1. The number of nitrogens with zero attached hydrogens (tertiary/aromatic N) is 1. The van der Waals surface area contributed by atoms with Gasteiger partial charge in [0.05, 0.1) is 0 Å². The van der Waals surface area contributed by atoms with Crippen LogP contribution in [0.4, 0.5) is 0 Å². The highest BCUT2D eigenvalue weighted by Gasteiger charge is 2.42. The van der Waals surface area contributed by atoms with Gasteiger partial charge in [-0.05, 0) is 55.5 Å². The molecule has 1 aromatic rings. The van der Waals surface area contributed by atoms with Crippen LogP contribution in [-0.4, -0.2) is 31.1 Å². The van der Waals surface area contributed by atoms with Crippen molar-refractivity contribution in [3.8, 4) is 0 Å². The summed E-state index contributed by atoms with van der Waals surface area (Å²) in [4.78, 5) is 2.70. The zero-order valence-electron chi connectivity index (χ0n) is 11.7. The standard InChI is InChI=1S/C16H23BrN2/c1-2-15(13-3-5-14(17)6-4-13)19-10-8-16(12-19)7-9-18-11-16/h3-6,15,18H,2,7-12H2,1H3. The van der Waals surface area contributed by atoms with E-state index in [-0.39, 0.29) is 0 Å². The van der Waals surface area contributed by atoms with Crippen molar-refractivity contribution >= 4 is 15.9 Å². The van der Waals surface area contributed by atoms with Gasteiger partial charge in [0.1, 0.15) is 0 Å². The summed E-state index contributed by atoms with van der Waals surface area (Å²) in [5.41, 5.74) is 2.04. The first-order valence-electron chi connectivity index (χ1n) is 7.43. The fourth-order valence-electron chi connectivity index (χ4n) is 3.77. The monoisotopic (exact) mass is 322 g/mol. The van der Waals surface area contributed by atoms with E-state index in [0.29, 0.717) is 11.5 Å². The molecule has 3 heteroatoms. The molecule has 2 unspecified atom stereocenters. The van der Waals surface area contributed by atoms with E-state index in [0.717, 1.165) is 0 Å². The van der Waals surface area contributed by atoms with Crippen LogP contribution in [0.2, 0.25) is 0 Å². The third kappa shape index (κ3) is 2.74. The summed E-state index contributed by atoms with van der Waals surface area (Å²) in [6.45, 7) is 7.28. The Bertz CT molecular complexity index is 423. The molecule has 1 aromatic carbocycles. The maximum Gasteiger partial charge on any atom is 0.0345 e. The minimum Gasteiger partial charge on any atom is -0.316 e. The van der Waals surface area contributed by atoms with Crippen LogP contribution in [0.3, 0.4) is 0 Å². The Balaban J connectivity index is 1.74. The maximum absolute atomic E-state index is 3.55. The molecule has 1 spiro atoms. The molecule has 2 atom stereocenters. The number of hydrogen-bond acceptors (Lipinski definition) is 2. The van der Waals surface area contributed by atoms with Gasteiger partial charge in [0.15, 0.2) is 0 Å². The summed E-state index contributed by atoms with van der Waals surface area (Å²) in [6.07, 6.45) is 3.93. The molecule has 2 aliphatic heterocycles. The van der Waals surface area contributed by atoms with Crippen LogP contribution in [0.1, 0.15) is 37.8 Å². The lowest BCUT2D eigenvalue weighted by Crippen LogP contribution is -2.31. The van der Waals surface area contributed by atoms with Gasteiger partial charge in [0.25, 0.3) is 0 Å². The molecular weight excluding hydrogens is 300 g/mol. The second-order valence-corrected chi connectivity index (χ2v) is 7.04. The van der Waals surface area contributed by atoms with Gasteiger partial charge in [-0.3, -0.25) is 4.90 Å². The number of benzene rings is 1. The van der Waals surface area contributed by atoms with E-state index in [4.69, 9.17) is 0 Å². The minimum absolute atomic E-state index is 0.572. The highest BCUT2D eigenvalue weighted by molar-refractivity contribution is 9.10. The van der Waals surface area contributed by atoms with Crippen LogP contribution >= 0.6 is 15.9 Å². The van der Waals surface area contributed by atoms with Crippen LogP contribution < -0.4 is 5.32 Å². The Hall–Kier alpha value is -0.380. The highest BCUT2D eigenvalue weighted by atomic mass is 79.9. The number of nitrogens with one attached hydrogen (secondary N) is 1. The Morgan fingerprint density at radius 1 is 1.32 bits per heavy atom. The summed E-state index contributed by atoms with van der Waals surface area (Å²) in [7, 11) is 0. The molecule has 0 saturated carbocycles. The van der Waals surface area contributed by atoms with E-state index in [1.165, 1.54) is 55.5 Å². The molecule has 104 valence electrons. The normalized spacial score (nSPS) is 29.2. The summed E-state index contributed by atoms with van der Waals surface area (Å²) in [6, 6.07) is 9.47. The van der Waals surface area contributed by atoms with Crippen molar-refractivity contribution in [2.45, 2.75) is 32.2 Å². The van der Waals surface area contributed by atoms with Gasteiger partial charge >= 0.3 is 0 Å². The lowest BCUT2D eigenvalue weighted by atomic mass is 9.86. The smallest absolute Gasteiger partial charge is 0.0345 e. The molecule has 1 N–H and O–H groups in total. The second-order valence-electron chi connectivity index (χ2n) is 6.12. The average Bonchev–Trinajstić information content (AvgIpc) is 3.04. The zero-order valence-corrected chi connectivity index (χ0v) is 13.2. The average molecular weight is 323 g/mol. The van der Waals surface area contributed by atoms with E-state index >= 15 is 0 Å². The Morgan fingerprint density at radius 3 is 2.74 bits per heavy atom. The molecule has 19 heavy (non-hydrogen) atoms. The van der Waals surface area contributed by atoms with Gasteiger partial charge in [-0.15, -0.1) is 0 Å². The third-order valence-electron chi connectivity index (χ3n) is 4.88. The first-order valence-corrected chi connectivity index (χ1v) is 8.22. The van der Waals surface area contributed by atoms with E-state index in [1.54, 1.807) is 0 Å². The van der Waals surface area contributed by atoms with Gasteiger partial charge in [0, 0.05) is 23.6 Å². The van der Waals surface area contributed by atoms with Crippen molar-refractivity contribution in [2.75, 3.05) is 26.2 Å². The molecular formula is C16H23BrN2. The fraction of sp³-hybridized carbons (Fsp3) is 0.625. The van der Waals surface area contributed by atoms with Gasteiger partial charge in [-0.2, -0.15) is 0 Å². The molecule has 3 rings (SSSR count). The van der Waals surface area contributed by atoms with Crippen molar-refractivity contribution in [2.24, 2.45) is 5.41 Å². The molecule has 0 amide bonds. The lowest BCUT2D eigenvalue weighted by molar-refractivity contribution is 0.206. The highest BCUT2D eigenvalue weighted by Crippen LogP contribution is 2.40. The third-order valence-corrected chi connectivity index (χ3v) is 5.41. The number of hydrogen-bond donors (Lipinski definition) is 1. The van der Waals surface area contributed by atoms with Crippen molar-refractivity contribution in [3.63, 3.8) is 0 Å². The summed E-state index contributed by atoms with van der Waals surface area (Å²) >= 11 is 3.53. The Kier molecular flexibility index (Phi) is 3.97. The van der Waals surface area contributed by atoms with Gasteiger partial charge < -0.3 is 5.32 Å². The summed E-state index contributed by atoms with van der Waals surface area (Å²) < 4.78 is 1.17. The predicted molar refractivity (Wildman–Crippen MR) is 83.3 cm³/mol. The molecule has 2 heterocycles. The van der Waals surface area contributed by atoms with Crippen LogP contribution in [0, 0.1) is 5.41 Å². The largest absolute Gasteiger partial charge is 0.316 e. The van der Waals surface area contributed by atoms with Crippen LogP contribution in [0.25, 0.3) is 0 Å². The van der Waals surface area contributed by atoms with Gasteiger partial charge in [-0.1, -0.05) is 35.0 Å². The summed E-state index contributed by atoms with van der Waals surface area (Å²) in [5.74, 6) is 0. The van der Waals surface area contributed by atoms with E-state index in [9.17, 15) is 0 Å². The Morgan fingerprint density at radius 2 is 2.11 bits per heavy atom. The van der Waals surface area contributed by atoms with Crippen molar-refractivity contribution in [1.82, 2.24) is 10.2 Å². The molecule has 0 bridgehead atoms. The minimum atomic E-state index is 0.572. The van der Waals surface area contributed by atoms with Crippen molar-refractivity contribution in [3.05, 3.63) is 34.3 Å². The van der Waals surface area contributed by atoms with Crippen molar-refractivity contribution in [1.29, 1.82) is 0 Å². The van der Waals surface area contributed by atoms with Gasteiger partial charge in [-0.25, -0.2) is 0 Å². The molecule has 0 radical (unpaired) electrons. The molecule has 0 aliphatic carbocycles. The van der Waals surface area contributed by atoms with Crippen LogP contribution in [-0.2, 0) is 0 Å². The molecule has 0 aromatic heterocycles. The molecule has 2 saturated heterocycles. The van der Waals surface area contributed by atoms with Crippen LogP contribution in [0.5, 0.6) is 0 Å². The zero-order chi connectivity index (χ0) is 13.3. The SMILES string of the molecule is CCC(c1ccc(Br)cc1)N1CCC2(CCNC2)C1. The topological polar surface area (TPSA) is 15.3 Å². The molecule has 2 nitrogen and oxygen atoms in total. The van der Waals surface area contributed by atoms with E-state index in [1.807, 2.05) is 0 Å². The van der Waals surface area contributed by atoms with Crippen LogP contribution in [0.15, 0.2) is 28.7 Å². The van der Waals surface area contributed by atoms with Gasteiger partial charge in [0.2, 0.25) is 0 Å². The number of rotatable bonds is 3. The quantitative estimate of drug-likeness (QED) is 0.914. The lowest BCUT2D eigenvalue weighted by Gasteiger charge is -2.29. The first-order chi connectivity index (χ1) is 9.22. The first kappa shape index (κ1) is 13.6. The fourth-order valence-corrected chi connectivity index (χ4v) is 4.03.